The number of aromatic hydroxyl groups is 1. The summed E-state index contributed by atoms with van der Waals surface area (Å²) in [6.45, 7) is 1.52. The van der Waals surface area contributed by atoms with Crippen molar-refractivity contribution in [3.8, 4) is 22.9 Å². The third-order valence-electron chi connectivity index (χ3n) is 2.79. The molecule has 0 radical (unpaired) electrons. The third kappa shape index (κ3) is 3.15. The fourth-order valence-corrected chi connectivity index (χ4v) is 1.71. The van der Waals surface area contributed by atoms with Gasteiger partial charge in [0.15, 0.2) is 6.10 Å². The van der Waals surface area contributed by atoms with E-state index >= 15 is 0 Å². The molecular weight excluding hydrogens is 254 g/mol. The van der Waals surface area contributed by atoms with Gasteiger partial charge in [0.05, 0.1) is 5.56 Å². The molecule has 1 atom stereocenters. The van der Waals surface area contributed by atoms with Crippen molar-refractivity contribution in [3.63, 3.8) is 0 Å². The smallest absolute Gasteiger partial charge is 0.339 e. The van der Waals surface area contributed by atoms with Crippen LogP contribution in [0.5, 0.6) is 5.75 Å². The van der Waals surface area contributed by atoms with E-state index in [4.69, 9.17) is 10.00 Å². The minimum atomic E-state index is -0.765. The van der Waals surface area contributed by atoms with Crippen LogP contribution < -0.4 is 0 Å². The summed E-state index contributed by atoms with van der Waals surface area (Å²) in [4.78, 5) is 11.7. The number of benzene rings is 2. The van der Waals surface area contributed by atoms with Crippen molar-refractivity contribution < 1.29 is 14.6 Å². The zero-order valence-corrected chi connectivity index (χ0v) is 10.9. The summed E-state index contributed by atoms with van der Waals surface area (Å²) in [6, 6.07) is 15.5. The number of esters is 1. The summed E-state index contributed by atoms with van der Waals surface area (Å²) >= 11 is 0. The average molecular weight is 267 g/mol. The summed E-state index contributed by atoms with van der Waals surface area (Å²) in [5.41, 5.74) is 2.26. The van der Waals surface area contributed by atoms with Crippen molar-refractivity contribution in [2.24, 2.45) is 0 Å². The summed E-state index contributed by atoms with van der Waals surface area (Å²) in [6.07, 6.45) is -0.765. The average Bonchev–Trinajstić information content (AvgIpc) is 2.48. The van der Waals surface area contributed by atoms with Gasteiger partial charge in [-0.05, 0) is 42.3 Å². The first-order valence-electron chi connectivity index (χ1n) is 6.10. The van der Waals surface area contributed by atoms with Crippen molar-refractivity contribution in [1.29, 1.82) is 5.26 Å². The first kappa shape index (κ1) is 13.6. The van der Waals surface area contributed by atoms with Crippen LogP contribution in [0.4, 0.5) is 0 Å². The van der Waals surface area contributed by atoms with Gasteiger partial charge >= 0.3 is 5.97 Å². The lowest BCUT2D eigenvalue weighted by atomic mass is 10.0. The normalized spacial score (nSPS) is 11.4. The lowest BCUT2D eigenvalue weighted by molar-refractivity contribution is 0.0435. The van der Waals surface area contributed by atoms with Gasteiger partial charge in [-0.2, -0.15) is 5.26 Å². The van der Waals surface area contributed by atoms with E-state index in [0.29, 0.717) is 5.56 Å². The van der Waals surface area contributed by atoms with Crippen LogP contribution in [0.3, 0.4) is 0 Å². The van der Waals surface area contributed by atoms with Crippen LogP contribution in [0.25, 0.3) is 11.1 Å². The lowest BCUT2D eigenvalue weighted by Crippen LogP contribution is -2.12. The molecule has 0 unspecified atom stereocenters. The number of rotatable bonds is 3. The number of hydrogen-bond donors (Lipinski definition) is 1. The predicted molar refractivity (Wildman–Crippen MR) is 74.0 cm³/mol. The molecule has 4 nitrogen and oxygen atoms in total. The Bertz CT molecular complexity index is 639. The summed E-state index contributed by atoms with van der Waals surface area (Å²) in [5, 5.41) is 17.8. The van der Waals surface area contributed by atoms with Gasteiger partial charge < -0.3 is 9.84 Å². The molecule has 0 spiro atoms. The Morgan fingerprint density at radius 3 is 2.10 bits per heavy atom. The predicted octanol–water partition coefficient (Wildman–Crippen LogP) is 3.13. The van der Waals surface area contributed by atoms with Gasteiger partial charge in [0.25, 0.3) is 0 Å². The maximum Gasteiger partial charge on any atom is 0.339 e. The topological polar surface area (TPSA) is 70.3 Å². The number of phenolic OH excluding ortho intramolecular Hbond substituents is 1. The Labute approximate surface area is 116 Å². The molecule has 0 fully saturated rings. The molecule has 0 saturated carbocycles. The second-order valence-corrected chi connectivity index (χ2v) is 4.30. The first-order chi connectivity index (χ1) is 9.60. The third-order valence-corrected chi connectivity index (χ3v) is 2.79. The number of carbonyl (C=O) groups excluding carboxylic acids is 1. The fraction of sp³-hybridized carbons (Fsp3) is 0.125. The Morgan fingerprint density at radius 1 is 1.10 bits per heavy atom. The van der Waals surface area contributed by atoms with Gasteiger partial charge in [0.1, 0.15) is 11.8 Å². The molecule has 4 heteroatoms. The Morgan fingerprint density at radius 2 is 1.60 bits per heavy atom. The standard InChI is InChI=1S/C16H13NO3/c1-11(10-17)20-16(19)14-4-2-12(3-5-14)13-6-8-15(18)9-7-13/h2-9,11,18H,1H3/t11-/m1/s1. The Kier molecular flexibility index (Phi) is 4.02. The van der Waals surface area contributed by atoms with Crippen molar-refractivity contribution >= 4 is 5.97 Å². The van der Waals surface area contributed by atoms with E-state index in [1.165, 1.54) is 6.92 Å². The van der Waals surface area contributed by atoms with Crippen LogP contribution in [0, 0.1) is 11.3 Å². The van der Waals surface area contributed by atoms with Gasteiger partial charge in [-0.1, -0.05) is 24.3 Å². The molecule has 0 amide bonds. The molecule has 0 aromatic heterocycles. The number of nitrogens with zero attached hydrogens (tertiary/aromatic N) is 1. The molecule has 0 aliphatic rings. The van der Waals surface area contributed by atoms with Gasteiger partial charge in [-0.3, -0.25) is 0 Å². The SMILES string of the molecule is C[C@H](C#N)OC(=O)c1ccc(-c2ccc(O)cc2)cc1. The molecule has 0 bridgehead atoms. The monoisotopic (exact) mass is 267 g/mol. The molecule has 1 N–H and O–H groups in total. The maximum atomic E-state index is 11.7. The van der Waals surface area contributed by atoms with E-state index < -0.39 is 12.1 Å². The minimum Gasteiger partial charge on any atom is -0.508 e. The molecule has 2 aromatic carbocycles. The van der Waals surface area contributed by atoms with Gasteiger partial charge in [-0.15, -0.1) is 0 Å². The number of carbonyl (C=O) groups is 1. The quantitative estimate of drug-likeness (QED) is 0.867. The molecule has 20 heavy (non-hydrogen) atoms. The number of phenols is 1. The molecule has 0 saturated heterocycles. The number of hydrogen-bond acceptors (Lipinski definition) is 4. The van der Waals surface area contributed by atoms with E-state index in [1.807, 2.05) is 6.07 Å². The van der Waals surface area contributed by atoms with E-state index in [-0.39, 0.29) is 5.75 Å². The van der Waals surface area contributed by atoms with Crippen LogP contribution in [-0.4, -0.2) is 17.2 Å². The molecule has 100 valence electrons. The fourth-order valence-electron chi connectivity index (χ4n) is 1.71. The molecular formula is C16H13NO3. The maximum absolute atomic E-state index is 11.7. The molecule has 0 aliphatic heterocycles. The van der Waals surface area contributed by atoms with Crippen LogP contribution in [-0.2, 0) is 4.74 Å². The largest absolute Gasteiger partial charge is 0.508 e. The van der Waals surface area contributed by atoms with Gasteiger partial charge in [0, 0.05) is 0 Å². The molecule has 0 aliphatic carbocycles. The Balaban J connectivity index is 2.16. The highest BCUT2D eigenvalue weighted by Gasteiger charge is 2.11. The van der Waals surface area contributed by atoms with Crippen molar-refractivity contribution in [2.45, 2.75) is 13.0 Å². The van der Waals surface area contributed by atoms with E-state index in [9.17, 15) is 9.90 Å². The lowest BCUT2D eigenvalue weighted by Gasteiger charge is -2.07. The van der Waals surface area contributed by atoms with Gasteiger partial charge in [-0.25, -0.2) is 4.79 Å². The minimum absolute atomic E-state index is 0.208. The Hall–Kier alpha value is -2.80. The zero-order chi connectivity index (χ0) is 14.5. The van der Waals surface area contributed by atoms with Gasteiger partial charge in [0.2, 0.25) is 0 Å². The summed E-state index contributed by atoms with van der Waals surface area (Å²) in [5.74, 6) is -0.309. The van der Waals surface area contributed by atoms with Crippen molar-refractivity contribution in [3.05, 3.63) is 54.1 Å². The highest BCUT2D eigenvalue weighted by atomic mass is 16.5. The summed E-state index contributed by atoms with van der Waals surface area (Å²) in [7, 11) is 0. The van der Waals surface area contributed by atoms with Crippen LogP contribution in [0.2, 0.25) is 0 Å². The van der Waals surface area contributed by atoms with Crippen LogP contribution >= 0.6 is 0 Å². The van der Waals surface area contributed by atoms with E-state index in [1.54, 1.807) is 48.5 Å². The van der Waals surface area contributed by atoms with E-state index in [0.717, 1.165) is 11.1 Å². The van der Waals surface area contributed by atoms with Crippen LogP contribution in [0.15, 0.2) is 48.5 Å². The number of ether oxygens (including phenoxy) is 1. The first-order valence-corrected chi connectivity index (χ1v) is 6.10. The van der Waals surface area contributed by atoms with Crippen molar-refractivity contribution in [2.75, 3.05) is 0 Å². The van der Waals surface area contributed by atoms with Crippen LogP contribution in [0.1, 0.15) is 17.3 Å². The highest BCUT2D eigenvalue weighted by Crippen LogP contribution is 2.22. The zero-order valence-electron chi connectivity index (χ0n) is 10.9. The number of nitriles is 1. The molecule has 2 rings (SSSR count). The second kappa shape index (κ2) is 5.89. The molecule has 0 heterocycles. The van der Waals surface area contributed by atoms with E-state index in [2.05, 4.69) is 0 Å². The molecule has 2 aromatic rings. The second-order valence-electron chi connectivity index (χ2n) is 4.30. The van der Waals surface area contributed by atoms with Crippen molar-refractivity contribution in [1.82, 2.24) is 0 Å². The summed E-state index contributed by atoms with van der Waals surface area (Å²) < 4.78 is 4.91. The highest BCUT2D eigenvalue weighted by molar-refractivity contribution is 5.90.